The maximum atomic E-state index is 8.59. The molecule has 0 unspecified atom stereocenters. The van der Waals surface area contributed by atoms with E-state index >= 15 is 0 Å². The van der Waals surface area contributed by atoms with Gasteiger partial charge in [-0.15, -0.1) is 0 Å². The van der Waals surface area contributed by atoms with Gasteiger partial charge < -0.3 is 0 Å². The van der Waals surface area contributed by atoms with E-state index in [1.165, 1.54) is 24.0 Å². The predicted molar refractivity (Wildman–Crippen MR) is 60.3 cm³/mol. The Kier molecular flexibility index (Phi) is 3.37. The molecule has 1 aliphatic heterocycles. The van der Waals surface area contributed by atoms with Crippen LogP contribution in [0.1, 0.15) is 24.0 Å². The first-order chi connectivity index (χ1) is 7.40. The molecule has 0 aromatic heterocycles. The second kappa shape index (κ2) is 4.95. The van der Waals surface area contributed by atoms with Gasteiger partial charge in [-0.3, -0.25) is 4.90 Å². The zero-order valence-corrected chi connectivity index (χ0v) is 8.95. The van der Waals surface area contributed by atoms with E-state index in [2.05, 4.69) is 35.2 Å². The minimum atomic E-state index is 0.641. The fourth-order valence-electron chi connectivity index (χ4n) is 2.17. The first-order valence-corrected chi connectivity index (χ1v) is 5.56. The third-order valence-corrected chi connectivity index (χ3v) is 2.97. The standard InChI is InChI=1S/C13H16N2/c14-8-4-10-15-9-3-7-12-5-1-2-6-13(12)11-15/h1-2,5-6H,3-4,7,9-11H2. The lowest BCUT2D eigenvalue weighted by Gasteiger charge is -2.18. The Hall–Kier alpha value is -1.33. The van der Waals surface area contributed by atoms with Crippen LogP contribution in [0.15, 0.2) is 24.3 Å². The van der Waals surface area contributed by atoms with Crippen LogP contribution in [0.25, 0.3) is 0 Å². The highest BCUT2D eigenvalue weighted by Crippen LogP contribution is 2.18. The van der Waals surface area contributed by atoms with Gasteiger partial charge in [-0.2, -0.15) is 5.26 Å². The summed E-state index contributed by atoms with van der Waals surface area (Å²) in [5.41, 5.74) is 2.92. The predicted octanol–water partition coefficient (Wildman–Crippen LogP) is 2.35. The highest BCUT2D eigenvalue weighted by Gasteiger charge is 2.12. The van der Waals surface area contributed by atoms with Gasteiger partial charge in [0.15, 0.2) is 0 Å². The summed E-state index contributed by atoms with van der Waals surface area (Å²) in [4.78, 5) is 2.38. The molecule has 0 aliphatic carbocycles. The number of fused-ring (bicyclic) bond motifs is 1. The van der Waals surface area contributed by atoms with Crippen molar-refractivity contribution >= 4 is 0 Å². The fourth-order valence-corrected chi connectivity index (χ4v) is 2.17. The Labute approximate surface area is 91.1 Å². The summed E-state index contributed by atoms with van der Waals surface area (Å²) < 4.78 is 0. The van der Waals surface area contributed by atoms with Crippen molar-refractivity contribution in [3.8, 4) is 6.07 Å². The molecule has 1 aromatic rings. The van der Waals surface area contributed by atoms with E-state index in [1.54, 1.807) is 0 Å². The van der Waals surface area contributed by atoms with Crippen LogP contribution in [0.4, 0.5) is 0 Å². The van der Waals surface area contributed by atoms with Gasteiger partial charge in [0.1, 0.15) is 0 Å². The number of benzene rings is 1. The maximum absolute atomic E-state index is 8.59. The lowest BCUT2D eigenvalue weighted by molar-refractivity contribution is 0.276. The molecule has 2 nitrogen and oxygen atoms in total. The molecular formula is C13H16N2. The van der Waals surface area contributed by atoms with Gasteiger partial charge in [-0.1, -0.05) is 24.3 Å². The summed E-state index contributed by atoms with van der Waals surface area (Å²) in [6.07, 6.45) is 3.03. The van der Waals surface area contributed by atoms with Crippen molar-refractivity contribution in [2.45, 2.75) is 25.8 Å². The fraction of sp³-hybridized carbons (Fsp3) is 0.462. The number of hydrogen-bond acceptors (Lipinski definition) is 2. The number of aryl methyl sites for hydroxylation is 1. The molecule has 0 N–H and O–H groups in total. The van der Waals surface area contributed by atoms with Gasteiger partial charge in [0.25, 0.3) is 0 Å². The van der Waals surface area contributed by atoms with Gasteiger partial charge in [-0.05, 0) is 30.5 Å². The van der Waals surface area contributed by atoms with Crippen molar-refractivity contribution in [2.24, 2.45) is 0 Å². The summed E-state index contributed by atoms with van der Waals surface area (Å²) in [5.74, 6) is 0. The van der Waals surface area contributed by atoms with E-state index in [0.717, 1.165) is 19.6 Å². The third kappa shape index (κ3) is 2.57. The van der Waals surface area contributed by atoms with Crippen LogP contribution < -0.4 is 0 Å². The third-order valence-electron chi connectivity index (χ3n) is 2.97. The van der Waals surface area contributed by atoms with Gasteiger partial charge in [0.2, 0.25) is 0 Å². The zero-order chi connectivity index (χ0) is 10.5. The number of nitriles is 1. The topological polar surface area (TPSA) is 27.0 Å². The molecule has 1 aliphatic rings. The van der Waals surface area contributed by atoms with Crippen molar-refractivity contribution in [1.29, 1.82) is 5.26 Å². The molecule has 15 heavy (non-hydrogen) atoms. The van der Waals surface area contributed by atoms with E-state index in [1.807, 2.05) is 0 Å². The zero-order valence-electron chi connectivity index (χ0n) is 8.95. The second-order valence-corrected chi connectivity index (χ2v) is 4.06. The Morgan fingerprint density at radius 3 is 2.87 bits per heavy atom. The molecule has 0 saturated heterocycles. The summed E-state index contributed by atoms with van der Waals surface area (Å²) in [7, 11) is 0. The molecule has 2 rings (SSSR count). The molecule has 1 heterocycles. The first kappa shape index (κ1) is 10.2. The Balaban J connectivity index is 2.08. The lowest BCUT2D eigenvalue weighted by atomic mass is 10.0. The second-order valence-electron chi connectivity index (χ2n) is 4.06. The van der Waals surface area contributed by atoms with Crippen LogP contribution in [-0.2, 0) is 13.0 Å². The number of hydrogen-bond donors (Lipinski definition) is 0. The van der Waals surface area contributed by atoms with E-state index in [9.17, 15) is 0 Å². The molecular weight excluding hydrogens is 184 g/mol. The molecule has 0 bridgehead atoms. The summed E-state index contributed by atoms with van der Waals surface area (Å²) in [5, 5.41) is 8.59. The summed E-state index contributed by atoms with van der Waals surface area (Å²) in [6.45, 7) is 3.04. The first-order valence-electron chi connectivity index (χ1n) is 5.56. The van der Waals surface area contributed by atoms with Crippen LogP contribution in [-0.4, -0.2) is 18.0 Å². The highest BCUT2D eigenvalue weighted by molar-refractivity contribution is 5.27. The van der Waals surface area contributed by atoms with Crippen LogP contribution >= 0.6 is 0 Å². The van der Waals surface area contributed by atoms with Crippen LogP contribution in [0.2, 0.25) is 0 Å². The largest absolute Gasteiger partial charge is 0.298 e. The molecule has 2 heteroatoms. The van der Waals surface area contributed by atoms with Gasteiger partial charge in [0, 0.05) is 19.5 Å². The molecule has 78 valence electrons. The molecule has 1 aromatic carbocycles. The average Bonchev–Trinajstić information content (AvgIpc) is 2.47. The van der Waals surface area contributed by atoms with Crippen molar-refractivity contribution in [1.82, 2.24) is 4.90 Å². The minimum absolute atomic E-state index is 0.641. The maximum Gasteiger partial charge on any atom is 0.0635 e. The van der Waals surface area contributed by atoms with Crippen molar-refractivity contribution < 1.29 is 0 Å². The van der Waals surface area contributed by atoms with Gasteiger partial charge in [0.05, 0.1) is 6.07 Å². The van der Waals surface area contributed by atoms with E-state index < -0.39 is 0 Å². The lowest BCUT2D eigenvalue weighted by Crippen LogP contribution is -2.24. The number of nitrogens with zero attached hydrogens (tertiary/aromatic N) is 2. The van der Waals surface area contributed by atoms with E-state index in [4.69, 9.17) is 5.26 Å². The Morgan fingerprint density at radius 1 is 1.27 bits per heavy atom. The quantitative estimate of drug-likeness (QED) is 0.732. The summed E-state index contributed by atoms with van der Waals surface area (Å²) >= 11 is 0. The highest BCUT2D eigenvalue weighted by atomic mass is 15.1. The SMILES string of the molecule is N#CCCN1CCCc2ccccc2C1. The van der Waals surface area contributed by atoms with Gasteiger partial charge >= 0.3 is 0 Å². The van der Waals surface area contributed by atoms with Gasteiger partial charge in [-0.25, -0.2) is 0 Å². The van der Waals surface area contributed by atoms with Crippen LogP contribution in [0, 0.1) is 11.3 Å². The number of rotatable bonds is 2. The van der Waals surface area contributed by atoms with E-state index in [0.29, 0.717) is 6.42 Å². The Bertz CT molecular complexity index is 365. The molecule has 0 atom stereocenters. The summed E-state index contributed by atoms with van der Waals surface area (Å²) in [6, 6.07) is 10.9. The minimum Gasteiger partial charge on any atom is -0.298 e. The molecule has 0 fully saturated rings. The monoisotopic (exact) mass is 200 g/mol. The molecule has 0 saturated carbocycles. The van der Waals surface area contributed by atoms with Crippen LogP contribution in [0.5, 0.6) is 0 Å². The van der Waals surface area contributed by atoms with E-state index in [-0.39, 0.29) is 0 Å². The van der Waals surface area contributed by atoms with Crippen molar-refractivity contribution in [3.05, 3.63) is 35.4 Å². The molecule has 0 spiro atoms. The average molecular weight is 200 g/mol. The van der Waals surface area contributed by atoms with Crippen molar-refractivity contribution in [3.63, 3.8) is 0 Å². The normalized spacial score (nSPS) is 16.5. The van der Waals surface area contributed by atoms with Crippen molar-refractivity contribution in [2.75, 3.05) is 13.1 Å². The smallest absolute Gasteiger partial charge is 0.0635 e. The molecule has 0 amide bonds. The van der Waals surface area contributed by atoms with Crippen LogP contribution in [0.3, 0.4) is 0 Å². The molecule has 0 radical (unpaired) electrons. The Morgan fingerprint density at radius 2 is 2.07 bits per heavy atom.